The van der Waals surface area contributed by atoms with Crippen molar-refractivity contribution in [2.45, 2.75) is 6.36 Å². The number of ether oxygens (including phenoxy) is 1. The Bertz CT molecular complexity index is 641. The number of benzene rings is 1. The van der Waals surface area contributed by atoms with Gasteiger partial charge in [0.1, 0.15) is 5.75 Å². The number of para-hydroxylation sites is 1. The van der Waals surface area contributed by atoms with E-state index in [0.717, 1.165) is 18.5 Å². The number of carbonyl (C=O) groups is 1. The summed E-state index contributed by atoms with van der Waals surface area (Å²) in [6, 6.07) is 5.13. The Morgan fingerprint density at radius 3 is 2.45 bits per heavy atom. The highest BCUT2D eigenvalue weighted by Gasteiger charge is 2.32. The molecule has 2 rings (SSSR count). The molecule has 0 aliphatic heterocycles. The Hall–Kier alpha value is -2.44. The van der Waals surface area contributed by atoms with Crippen LogP contribution in [-0.4, -0.2) is 17.6 Å². The second-order valence-corrected chi connectivity index (χ2v) is 3.74. The van der Waals surface area contributed by atoms with Crippen LogP contribution in [-0.2, 0) is 0 Å². The fourth-order valence-corrected chi connectivity index (χ4v) is 1.68. The van der Waals surface area contributed by atoms with Crippen LogP contribution in [0.25, 0.3) is 11.1 Å². The molecule has 1 aromatic carbocycles. The molecule has 2 aromatic rings. The largest absolute Gasteiger partial charge is 0.573 e. The molecule has 1 aromatic heterocycles. The highest BCUT2D eigenvalue weighted by atomic mass is 19.4. The van der Waals surface area contributed by atoms with Gasteiger partial charge in [0.25, 0.3) is 0 Å². The molecule has 20 heavy (non-hydrogen) atoms. The van der Waals surface area contributed by atoms with E-state index < -0.39 is 17.9 Å². The van der Waals surface area contributed by atoms with Gasteiger partial charge in [-0.05, 0) is 6.07 Å². The summed E-state index contributed by atoms with van der Waals surface area (Å²) < 4.78 is 54.3. The van der Waals surface area contributed by atoms with Gasteiger partial charge in [-0.15, -0.1) is 13.2 Å². The van der Waals surface area contributed by atoms with Gasteiger partial charge in [-0.3, -0.25) is 9.78 Å². The van der Waals surface area contributed by atoms with Gasteiger partial charge in [0.15, 0.2) is 12.1 Å². The Morgan fingerprint density at radius 1 is 1.10 bits per heavy atom. The summed E-state index contributed by atoms with van der Waals surface area (Å²) in [7, 11) is 0. The smallest absolute Gasteiger partial charge is 0.405 e. The highest BCUT2D eigenvalue weighted by molar-refractivity contribution is 5.89. The molecule has 0 fully saturated rings. The summed E-state index contributed by atoms with van der Waals surface area (Å²) >= 11 is 0. The zero-order valence-corrected chi connectivity index (χ0v) is 9.82. The predicted octanol–water partition coefficient (Wildman–Crippen LogP) is 3.60. The average Bonchev–Trinajstić information content (AvgIpc) is 2.37. The quantitative estimate of drug-likeness (QED) is 0.639. The Kier molecular flexibility index (Phi) is 3.69. The van der Waals surface area contributed by atoms with Crippen LogP contribution in [0.2, 0.25) is 0 Å². The number of carbonyl (C=O) groups excluding carboxylic acids is 1. The van der Waals surface area contributed by atoms with E-state index in [4.69, 9.17) is 0 Å². The average molecular weight is 285 g/mol. The number of hydrogen-bond donors (Lipinski definition) is 0. The van der Waals surface area contributed by atoms with Gasteiger partial charge in [-0.1, -0.05) is 18.2 Å². The third-order valence-electron chi connectivity index (χ3n) is 2.46. The molecule has 0 radical (unpaired) electrons. The van der Waals surface area contributed by atoms with Crippen molar-refractivity contribution in [3.8, 4) is 16.9 Å². The van der Waals surface area contributed by atoms with Crippen LogP contribution in [0.4, 0.5) is 17.6 Å². The van der Waals surface area contributed by atoms with Crippen LogP contribution < -0.4 is 4.74 Å². The first kappa shape index (κ1) is 14.0. The van der Waals surface area contributed by atoms with Crippen molar-refractivity contribution in [1.82, 2.24) is 4.98 Å². The van der Waals surface area contributed by atoms with E-state index in [1.54, 1.807) is 0 Å². The lowest BCUT2D eigenvalue weighted by atomic mass is 10.0. The van der Waals surface area contributed by atoms with Crippen molar-refractivity contribution < 1.29 is 27.1 Å². The van der Waals surface area contributed by atoms with E-state index in [2.05, 4.69) is 9.72 Å². The van der Waals surface area contributed by atoms with Crippen molar-refractivity contribution in [2.75, 3.05) is 0 Å². The fourth-order valence-electron chi connectivity index (χ4n) is 1.68. The van der Waals surface area contributed by atoms with E-state index in [0.29, 0.717) is 0 Å². The number of rotatable bonds is 3. The molecule has 0 N–H and O–H groups in total. The van der Waals surface area contributed by atoms with E-state index in [1.165, 1.54) is 18.2 Å². The van der Waals surface area contributed by atoms with E-state index >= 15 is 0 Å². The molecule has 0 saturated carbocycles. The second kappa shape index (κ2) is 5.28. The third-order valence-corrected chi connectivity index (χ3v) is 2.46. The van der Waals surface area contributed by atoms with Gasteiger partial charge in [0.05, 0.1) is 11.8 Å². The van der Waals surface area contributed by atoms with Crippen molar-refractivity contribution >= 4 is 6.29 Å². The summed E-state index contributed by atoms with van der Waals surface area (Å²) in [6.07, 6.45) is -2.76. The minimum atomic E-state index is -4.89. The van der Waals surface area contributed by atoms with Crippen molar-refractivity contribution in [2.24, 2.45) is 0 Å². The number of halogens is 4. The lowest BCUT2D eigenvalue weighted by molar-refractivity contribution is -0.274. The number of pyridine rings is 1. The molecule has 0 saturated heterocycles. The molecule has 0 atom stereocenters. The van der Waals surface area contributed by atoms with Crippen LogP contribution in [0.15, 0.2) is 36.7 Å². The Balaban J connectivity index is 2.59. The molecule has 0 unspecified atom stereocenters. The predicted molar refractivity (Wildman–Crippen MR) is 61.7 cm³/mol. The topological polar surface area (TPSA) is 39.2 Å². The number of nitrogens with zero attached hydrogens (tertiary/aromatic N) is 1. The van der Waals surface area contributed by atoms with Gasteiger partial charge in [-0.2, -0.15) is 0 Å². The first-order chi connectivity index (χ1) is 9.42. The zero-order chi connectivity index (χ0) is 14.8. The van der Waals surface area contributed by atoms with Crippen LogP contribution in [0.5, 0.6) is 5.75 Å². The Labute approximate surface area is 110 Å². The van der Waals surface area contributed by atoms with Gasteiger partial charge >= 0.3 is 6.36 Å². The molecular formula is C13H7F4NO2. The third kappa shape index (κ3) is 2.93. The molecule has 1 heterocycles. The normalized spacial score (nSPS) is 11.2. The zero-order valence-electron chi connectivity index (χ0n) is 9.82. The number of aromatic nitrogens is 1. The van der Waals surface area contributed by atoms with E-state index in [-0.39, 0.29) is 23.0 Å². The first-order valence-corrected chi connectivity index (χ1v) is 5.36. The van der Waals surface area contributed by atoms with E-state index in [1.807, 2.05) is 0 Å². The minimum Gasteiger partial charge on any atom is -0.405 e. The molecule has 0 spiro atoms. The van der Waals surface area contributed by atoms with Crippen molar-refractivity contribution in [3.05, 3.63) is 48.0 Å². The van der Waals surface area contributed by atoms with Crippen molar-refractivity contribution in [1.29, 1.82) is 0 Å². The van der Waals surface area contributed by atoms with E-state index in [9.17, 15) is 22.4 Å². The molecule has 0 bridgehead atoms. The maximum absolute atomic E-state index is 13.4. The molecule has 104 valence electrons. The standard InChI is InChI=1S/C13H7F4NO2/c14-11-6-18-5-9(10(11)7-19)8-3-1-2-4-12(8)20-13(15,16)17/h1-7H. The maximum Gasteiger partial charge on any atom is 0.573 e. The SMILES string of the molecule is O=Cc1c(F)cncc1-c1ccccc1OC(F)(F)F. The minimum absolute atomic E-state index is 0.0696. The molecule has 7 heteroatoms. The Morgan fingerprint density at radius 2 is 1.80 bits per heavy atom. The number of alkyl halides is 3. The van der Waals surface area contributed by atoms with Crippen LogP contribution in [0, 0.1) is 5.82 Å². The lowest BCUT2D eigenvalue weighted by Crippen LogP contribution is -2.17. The molecular weight excluding hydrogens is 278 g/mol. The molecule has 0 aliphatic rings. The maximum atomic E-state index is 13.4. The van der Waals surface area contributed by atoms with Gasteiger partial charge in [0.2, 0.25) is 0 Å². The van der Waals surface area contributed by atoms with Crippen LogP contribution in [0.3, 0.4) is 0 Å². The number of aldehydes is 1. The summed E-state index contributed by atoms with van der Waals surface area (Å²) in [5, 5.41) is 0. The highest BCUT2D eigenvalue weighted by Crippen LogP contribution is 2.35. The van der Waals surface area contributed by atoms with Crippen LogP contribution >= 0.6 is 0 Å². The van der Waals surface area contributed by atoms with Crippen molar-refractivity contribution in [3.63, 3.8) is 0 Å². The first-order valence-electron chi connectivity index (χ1n) is 5.36. The van der Waals surface area contributed by atoms with Gasteiger partial charge in [0, 0.05) is 17.3 Å². The van der Waals surface area contributed by atoms with Gasteiger partial charge < -0.3 is 4.74 Å². The lowest BCUT2D eigenvalue weighted by Gasteiger charge is -2.14. The summed E-state index contributed by atoms with van der Waals surface area (Å²) in [4.78, 5) is 14.4. The number of hydrogen-bond acceptors (Lipinski definition) is 3. The van der Waals surface area contributed by atoms with Crippen LogP contribution in [0.1, 0.15) is 10.4 Å². The van der Waals surface area contributed by atoms with Gasteiger partial charge in [-0.25, -0.2) is 4.39 Å². The molecule has 0 aliphatic carbocycles. The summed E-state index contributed by atoms with van der Waals surface area (Å²) in [5.41, 5.74) is -0.517. The fraction of sp³-hybridized carbons (Fsp3) is 0.0769. The molecule has 0 amide bonds. The second-order valence-electron chi connectivity index (χ2n) is 3.74. The summed E-state index contributed by atoms with van der Waals surface area (Å²) in [6.45, 7) is 0. The summed E-state index contributed by atoms with van der Waals surface area (Å²) in [5.74, 6) is -1.45. The monoisotopic (exact) mass is 285 g/mol. The molecule has 3 nitrogen and oxygen atoms in total.